The van der Waals surface area contributed by atoms with E-state index < -0.39 is 5.97 Å². The second-order valence-electron chi connectivity index (χ2n) is 3.47. The largest absolute Gasteiger partial charge is 0.483 e. The first kappa shape index (κ1) is 12.4. The van der Waals surface area contributed by atoms with E-state index in [0.717, 1.165) is 0 Å². The highest BCUT2D eigenvalue weighted by molar-refractivity contribution is 6.31. The molecule has 1 heterocycles. The molecule has 0 amide bonds. The van der Waals surface area contributed by atoms with Gasteiger partial charge in [-0.25, -0.2) is 4.79 Å². The molecule has 0 saturated heterocycles. The van der Waals surface area contributed by atoms with Gasteiger partial charge in [0.15, 0.2) is 12.4 Å². The Morgan fingerprint density at radius 2 is 2.33 bits per heavy atom. The van der Waals surface area contributed by atoms with Crippen molar-refractivity contribution in [1.29, 1.82) is 0 Å². The molecular weight excluding hydrogens is 260 g/mol. The van der Waals surface area contributed by atoms with Crippen LogP contribution in [0.15, 0.2) is 22.7 Å². The highest BCUT2D eigenvalue weighted by Crippen LogP contribution is 2.23. The maximum Gasteiger partial charge on any atom is 0.339 e. The summed E-state index contributed by atoms with van der Waals surface area (Å²) in [6, 6.07) is 4.34. The Hall–Kier alpha value is -2.08. The third-order valence-corrected chi connectivity index (χ3v) is 2.33. The van der Waals surface area contributed by atoms with E-state index in [0.29, 0.717) is 10.8 Å². The van der Waals surface area contributed by atoms with Crippen molar-refractivity contribution in [2.45, 2.75) is 13.5 Å². The minimum absolute atomic E-state index is 0.00273. The van der Waals surface area contributed by atoms with Gasteiger partial charge in [-0.3, -0.25) is 0 Å². The number of carbonyl (C=O) groups is 1. The van der Waals surface area contributed by atoms with Crippen molar-refractivity contribution in [3.8, 4) is 5.75 Å². The van der Waals surface area contributed by atoms with E-state index in [4.69, 9.17) is 26.0 Å². The molecule has 0 fully saturated rings. The molecule has 0 aliphatic heterocycles. The zero-order valence-corrected chi connectivity index (χ0v) is 10.1. The van der Waals surface area contributed by atoms with Crippen LogP contribution in [0.1, 0.15) is 22.1 Å². The molecule has 18 heavy (non-hydrogen) atoms. The first-order chi connectivity index (χ1) is 8.56. The third kappa shape index (κ3) is 2.78. The van der Waals surface area contributed by atoms with E-state index in [-0.39, 0.29) is 23.8 Å². The number of hydrogen-bond acceptors (Lipinski definition) is 5. The molecule has 2 rings (SSSR count). The summed E-state index contributed by atoms with van der Waals surface area (Å²) < 4.78 is 10.2. The van der Waals surface area contributed by atoms with Crippen LogP contribution in [0.4, 0.5) is 0 Å². The van der Waals surface area contributed by atoms with Gasteiger partial charge in [0.2, 0.25) is 0 Å². The number of ether oxygens (including phenoxy) is 1. The predicted molar refractivity (Wildman–Crippen MR) is 61.8 cm³/mol. The Balaban J connectivity index is 2.16. The Bertz CT molecular complexity index is 582. The molecule has 1 N–H and O–H groups in total. The van der Waals surface area contributed by atoms with Gasteiger partial charge in [-0.15, -0.1) is 0 Å². The summed E-state index contributed by atoms with van der Waals surface area (Å²) in [7, 11) is 0. The Labute approximate surface area is 107 Å². The normalized spacial score (nSPS) is 10.3. The lowest BCUT2D eigenvalue weighted by Crippen LogP contribution is -2.03. The minimum Gasteiger partial charge on any atom is -0.483 e. The summed E-state index contributed by atoms with van der Waals surface area (Å²) in [5, 5.41) is 12.9. The Morgan fingerprint density at radius 3 is 2.94 bits per heavy atom. The summed E-state index contributed by atoms with van der Waals surface area (Å²) in [5.74, 6) is -0.154. The number of nitrogens with zero attached hydrogens (tertiary/aromatic N) is 2. The molecule has 0 aliphatic rings. The second kappa shape index (κ2) is 5.05. The van der Waals surface area contributed by atoms with Crippen molar-refractivity contribution in [1.82, 2.24) is 10.1 Å². The number of carboxylic acid groups (broad SMARTS) is 1. The number of aromatic carboxylic acids is 1. The van der Waals surface area contributed by atoms with Crippen molar-refractivity contribution < 1.29 is 19.2 Å². The average molecular weight is 269 g/mol. The molecule has 94 valence electrons. The van der Waals surface area contributed by atoms with Crippen molar-refractivity contribution in [3.63, 3.8) is 0 Å². The lowest BCUT2D eigenvalue weighted by Gasteiger charge is -2.07. The van der Waals surface area contributed by atoms with Crippen LogP contribution in [0, 0.1) is 6.92 Å². The smallest absolute Gasteiger partial charge is 0.339 e. The summed E-state index contributed by atoms with van der Waals surface area (Å²) in [5.41, 5.74) is -0.0151. The van der Waals surface area contributed by atoms with Crippen LogP contribution in [0.2, 0.25) is 5.02 Å². The molecule has 0 bridgehead atoms. The molecule has 0 radical (unpaired) electrons. The molecule has 0 atom stereocenters. The fourth-order valence-corrected chi connectivity index (χ4v) is 1.51. The van der Waals surface area contributed by atoms with Gasteiger partial charge >= 0.3 is 5.97 Å². The number of halogens is 1. The predicted octanol–water partition coefficient (Wildman–Crippen LogP) is 2.31. The van der Waals surface area contributed by atoms with Crippen LogP contribution in [-0.4, -0.2) is 21.2 Å². The number of aromatic nitrogens is 2. The van der Waals surface area contributed by atoms with Gasteiger partial charge in [0.25, 0.3) is 5.89 Å². The first-order valence-corrected chi connectivity index (χ1v) is 5.39. The highest BCUT2D eigenvalue weighted by atomic mass is 35.5. The number of hydrogen-bond donors (Lipinski definition) is 1. The molecule has 1 aromatic carbocycles. The van der Waals surface area contributed by atoms with Gasteiger partial charge in [0, 0.05) is 5.02 Å². The fourth-order valence-electron chi connectivity index (χ4n) is 1.33. The third-order valence-electron chi connectivity index (χ3n) is 2.09. The van der Waals surface area contributed by atoms with Crippen LogP contribution in [0.25, 0.3) is 0 Å². The quantitative estimate of drug-likeness (QED) is 0.916. The van der Waals surface area contributed by atoms with E-state index in [1.807, 2.05) is 0 Å². The van der Waals surface area contributed by atoms with Crippen LogP contribution in [0.3, 0.4) is 0 Å². The number of benzene rings is 1. The van der Waals surface area contributed by atoms with E-state index in [2.05, 4.69) is 10.1 Å². The van der Waals surface area contributed by atoms with Gasteiger partial charge < -0.3 is 14.4 Å². The fraction of sp³-hybridized carbons (Fsp3) is 0.182. The van der Waals surface area contributed by atoms with Crippen molar-refractivity contribution in [2.24, 2.45) is 0 Å². The molecule has 0 unspecified atom stereocenters. The van der Waals surface area contributed by atoms with E-state index in [1.54, 1.807) is 13.0 Å². The topological polar surface area (TPSA) is 85.5 Å². The van der Waals surface area contributed by atoms with Gasteiger partial charge in [-0.2, -0.15) is 4.98 Å². The zero-order valence-electron chi connectivity index (χ0n) is 9.38. The molecule has 0 aliphatic carbocycles. The lowest BCUT2D eigenvalue weighted by molar-refractivity contribution is 0.0691. The summed E-state index contributed by atoms with van der Waals surface area (Å²) in [6.45, 7) is 1.68. The van der Waals surface area contributed by atoms with Gasteiger partial charge in [0.1, 0.15) is 11.3 Å². The highest BCUT2D eigenvalue weighted by Gasteiger charge is 2.13. The molecule has 0 spiro atoms. The van der Waals surface area contributed by atoms with Crippen molar-refractivity contribution >= 4 is 17.6 Å². The summed E-state index contributed by atoms with van der Waals surface area (Å²) >= 11 is 5.72. The van der Waals surface area contributed by atoms with Crippen molar-refractivity contribution in [3.05, 3.63) is 40.5 Å². The maximum absolute atomic E-state index is 11.0. The van der Waals surface area contributed by atoms with E-state index in [9.17, 15) is 4.79 Å². The van der Waals surface area contributed by atoms with Gasteiger partial charge in [-0.05, 0) is 25.1 Å². The van der Waals surface area contributed by atoms with Gasteiger partial charge in [-0.1, -0.05) is 16.8 Å². The van der Waals surface area contributed by atoms with Gasteiger partial charge in [0.05, 0.1) is 0 Å². The molecule has 2 aromatic rings. The number of aryl methyl sites for hydroxylation is 1. The summed E-state index contributed by atoms with van der Waals surface area (Å²) in [6.07, 6.45) is 0. The average Bonchev–Trinajstić information content (AvgIpc) is 2.73. The Kier molecular flexibility index (Phi) is 3.47. The molecule has 7 heteroatoms. The standard InChI is InChI=1S/C11H9ClN2O4/c1-6-13-10(18-14-6)5-17-9-3-2-7(12)4-8(9)11(15)16/h2-4H,5H2,1H3,(H,15,16). The van der Waals surface area contributed by atoms with E-state index >= 15 is 0 Å². The molecule has 6 nitrogen and oxygen atoms in total. The van der Waals surface area contributed by atoms with Crippen LogP contribution in [0.5, 0.6) is 5.75 Å². The van der Waals surface area contributed by atoms with Crippen LogP contribution in [-0.2, 0) is 6.61 Å². The maximum atomic E-state index is 11.0. The van der Waals surface area contributed by atoms with E-state index in [1.165, 1.54) is 12.1 Å². The number of carboxylic acids is 1. The SMILES string of the molecule is Cc1noc(COc2ccc(Cl)cc2C(=O)O)n1. The monoisotopic (exact) mass is 268 g/mol. The second-order valence-corrected chi connectivity index (χ2v) is 3.91. The lowest BCUT2D eigenvalue weighted by atomic mass is 10.2. The number of rotatable bonds is 4. The first-order valence-electron chi connectivity index (χ1n) is 5.01. The zero-order chi connectivity index (χ0) is 13.1. The molecule has 1 aromatic heterocycles. The van der Waals surface area contributed by atoms with Crippen molar-refractivity contribution in [2.75, 3.05) is 0 Å². The summed E-state index contributed by atoms with van der Waals surface area (Å²) in [4.78, 5) is 14.9. The van der Waals surface area contributed by atoms with Crippen LogP contribution < -0.4 is 4.74 Å². The minimum atomic E-state index is -1.12. The molecular formula is C11H9ClN2O4. The molecule has 0 saturated carbocycles. The van der Waals surface area contributed by atoms with Crippen LogP contribution >= 0.6 is 11.6 Å². The Morgan fingerprint density at radius 1 is 1.56 bits per heavy atom.